The maximum absolute atomic E-state index is 11.8. The van der Waals surface area contributed by atoms with Crippen molar-refractivity contribution < 1.29 is 9.48 Å². The molecule has 0 fully saturated rings. The predicted molar refractivity (Wildman–Crippen MR) is 91.6 cm³/mol. The van der Waals surface area contributed by atoms with Crippen LogP contribution < -0.4 is 4.74 Å². The fourth-order valence-electron chi connectivity index (χ4n) is 1.40. The summed E-state index contributed by atoms with van der Waals surface area (Å²) < 4.78 is 6.53. The summed E-state index contributed by atoms with van der Waals surface area (Å²) in [5.74, 6) is 3.83. The zero-order valence-electron chi connectivity index (χ0n) is 13.9. The van der Waals surface area contributed by atoms with Gasteiger partial charge in [0.05, 0.1) is 0 Å². The Hall–Kier alpha value is -1.73. The molecule has 1 aromatic rings. The topological polar surface area (TPSA) is 35.3 Å². The number of rotatable bonds is 3. The minimum Gasteiger partial charge on any atom is -0.623 e. The van der Waals surface area contributed by atoms with Gasteiger partial charge in [-0.15, -0.1) is 5.54 Å². The maximum atomic E-state index is 11.8. The number of hydroxylamine groups is 1. The highest BCUT2D eigenvalue weighted by Gasteiger charge is 2.17. The lowest BCUT2D eigenvalue weighted by atomic mass is 10.1. The molecule has 0 aliphatic heterocycles. The van der Waals surface area contributed by atoms with E-state index in [2.05, 4.69) is 31.1 Å². The molecule has 1 aromatic carbocycles. The largest absolute Gasteiger partial charge is 0.623 e. The van der Waals surface area contributed by atoms with E-state index in [0.717, 1.165) is 16.1 Å². The molecule has 0 aromatic heterocycles. The van der Waals surface area contributed by atoms with Crippen molar-refractivity contribution >= 4 is 14.3 Å². The fraction of sp³-hybridized carbons (Fsp3) is 0.471. The van der Waals surface area contributed by atoms with Gasteiger partial charge in [0.15, 0.2) is 11.8 Å². The smallest absolute Gasteiger partial charge is 0.182 e. The lowest BCUT2D eigenvalue weighted by Crippen LogP contribution is -2.29. The molecule has 3 nitrogen and oxygen atoms in total. The summed E-state index contributed by atoms with van der Waals surface area (Å²) in [7, 11) is -1.33. The van der Waals surface area contributed by atoms with Gasteiger partial charge < -0.3 is 9.94 Å². The number of hydrogen-bond donors (Lipinski definition) is 0. The molecule has 4 heteroatoms. The van der Waals surface area contributed by atoms with Gasteiger partial charge in [-0.05, 0) is 24.3 Å². The SMILES string of the molecule is CC(C)(C)/[N+]([O-])=C/c1ccc(OCC#C[Si](C)(C)C)cc1. The molecule has 0 heterocycles. The summed E-state index contributed by atoms with van der Waals surface area (Å²) in [6, 6.07) is 7.47. The Bertz CT molecular complexity index is 552. The number of benzene rings is 1. The first kappa shape index (κ1) is 17.3. The molecule has 0 bridgehead atoms. The maximum Gasteiger partial charge on any atom is 0.182 e. The van der Waals surface area contributed by atoms with Crippen molar-refractivity contribution in [2.24, 2.45) is 0 Å². The van der Waals surface area contributed by atoms with Crippen LogP contribution in [-0.2, 0) is 0 Å². The zero-order chi connectivity index (χ0) is 16.1. The zero-order valence-corrected chi connectivity index (χ0v) is 14.9. The monoisotopic (exact) mass is 303 g/mol. The third kappa shape index (κ3) is 7.01. The van der Waals surface area contributed by atoms with E-state index < -0.39 is 13.6 Å². The van der Waals surface area contributed by atoms with E-state index in [1.165, 1.54) is 0 Å². The van der Waals surface area contributed by atoms with Gasteiger partial charge in [0.2, 0.25) is 0 Å². The van der Waals surface area contributed by atoms with E-state index in [4.69, 9.17) is 4.74 Å². The quantitative estimate of drug-likeness (QED) is 0.213. The molecule has 0 spiro atoms. The molecule has 0 saturated carbocycles. The predicted octanol–water partition coefficient (Wildman–Crippen LogP) is 3.67. The van der Waals surface area contributed by atoms with Crippen LogP contribution in [0.25, 0.3) is 0 Å². The third-order valence-electron chi connectivity index (χ3n) is 2.58. The molecule has 0 aliphatic rings. The average molecular weight is 303 g/mol. The van der Waals surface area contributed by atoms with Gasteiger partial charge in [-0.3, -0.25) is 0 Å². The first-order valence-electron chi connectivity index (χ1n) is 7.12. The van der Waals surface area contributed by atoms with E-state index in [0.29, 0.717) is 6.61 Å². The van der Waals surface area contributed by atoms with Crippen LogP contribution in [0.15, 0.2) is 24.3 Å². The van der Waals surface area contributed by atoms with Crippen LogP contribution >= 0.6 is 0 Å². The number of hydrogen-bond acceptors (Lipinski definition) is 2. The van der Waals surface area contributed by atoms with Crippen LogP contribution in [0.1, 0.15) is 26.3 Å². The summed E-state index contributed by atoms with van der Waals surface area (Å²) in [6.07, 6.45) is 1.59. The highest BCUT2D eigenvalue weighted by atomic mass is 28.3. The summed E-state index contributed by atoms with van der Waals surface area (Å²) in [4.78, 5) is 0. The molecule has 0 N–H and O–H groups in total. The summed E-state index contributed by atoms with van der Waals surface area (Å²) in [5.41, 5.74) is 3.69. The molecule has 0 radical (unpaired) electrons. The first-order valence-corrected chi connectivity index (χ1v) is 10.6. The third-order valence-corrected chi connectivity index (χ3v) is 3.51. The van der Waals surface area contributed by atoms with Gasteiger partial charge in [-0.1, -0.05) is 25.6 Å². The summed E-state index contributed by atoms with van der Waals surface area (Å²) >= 11 is 0. The van der Waals surface area contributed by atoms with Gasteiger partial charge in [0.25, 0.3) is 0 Å². The van der Waals surface area contributed by atoms with Gasteiger partial charge in [-0.25, -0.2) is 4.74 Å². The van der Waals surface area contributed by atoms with E-state index in [1.54, 1.807) is 6.21 Å². The van der Waals surface area contributed by atoms with Crippen molar-refractivity contribution in [1.29, 1.82) is 0 Å². The molecule has 0 unspecified atom stereocenters. The van der Waals surface area contributed by atoms with Crippen molar-refractivity contribution in [3.63, 3.8) is 0 Å². The Morgan fingerprint density at radius 1 is 1.19 bits per heavy atom. The van der Waals surface area contributed by atoms with Crippen LogP contribution in [0, 0.1) is 16.7 Å². The average Bonchev–Trinajstić information content (AvgIpc) is 2.34. The second-order valence-corrected chi connectivity index (χ2v) is 11.8. The normalized spacial score (nSPS) is 12.6. The van der Waals surface area contributed by atoms with Crippen LogP contribution in [0.3, 0.4) is 0 Å². The van der Waals surface area contributed by atoms with Gasteiger partial charge in [0.1, 0.15) is 20.4 Å². The van der Waals surface area contributed by atoms with Gasteiger partial charge in [-0.2, -0.15) is 0 Å². The Balaban J connectivity index is 2.65. The lowest BCUT2D eigenvalue weighted by molar-refractivity contribution is -0.530. The molecular weight excluding hydrogens is 278 g/mol. The molecule has 0 saturated heterocycles. The number of ether oxygens (including phenoxy) is 1. The van der Waals surface area contributed by atoms with Crippen molar-refractivity contribution in [2.45, 2.75) is 46.0 Å². The molecule has 21 heavy (non-hydrogen) atoms. The standard InChI is InChI=1S/C17H25NO2Si/c1-17(2,3)18(19)14-15-8-10-16(11-9-15)20-12-7-13-21(4,5)6/h8-11,14H,12H2,1-6H3/b18-14-. The summed E-state index contributed by atoms with van der Waals surface area (Å²) in [6.45, 7) is 12.7. The van der Waals surface area contributed by atoms with Crippen LogP contribution in [0.4, 0.5) is 0 Å². The van der Waals surface area contributed by atoms with E-state index >= 15 is 0 Å². The highest BCUT2D eigenvalue weighted by Crippen LogP contribution is 2.12. The lowest BCUT2D eigenvalue weighted by Gasteiger charge is -2.18. The molecule has 0 atom stereocenters. The van der Waals surface area contributed by atoms with Crippen molar-refractivity contribution in [3.8, 4) is 17.2 Å². The highest BCUT2D eigenvalue weighted by molar-refractivity contribution is 6.83. The minimum absolute atomic E-state index is 0.406. The van der Waals surface area contributed by atoms with E-state index in [1.807, 2.05) is 45.0 Å². The van der Waals surface area contributed by atoms with E-state index in [-0.39, 0.29) is 0 Å². The van der Waals surface area contributed by atoms with Crippen LogP contribution in [0.5, 0.6) is 5.75 Å². The molecule has 0 aliphatic carbocycles. The first-order chi connectivity index (χ1) is 9.58. The Labute approximate surface area is 129 Å². The second kappa shape index (κ2) is 6.82. The molecule has 1 rings (SSSR count). The van der Waals surface area contributed by atoms with Gasteiger partial charge >= 0.3 is 0 Å². The Morgan fingerprint density at radius 3 is 2.24 bits per heavy atom. The van der Waals surface area contributed by atoms with Crippen LogP contribution in [0.2, 0.25) is 19.6 Å². The van der Waals surface area contributed by atoms with Crippen molar-refractivity contribution in [2.75, 3.05) is 6.61 Å². The number of nitrogens with zero attached hydrogens (tertiary/aromatic N) is 1. The van der Waals surface area contributed by atoms with Crippen molar-refractivity contribution in [1.82, 2.24) is 0 Å². The second-order valence-electron chi connectivity index (χ2n) is 7.04. The molecule has 0 amide bonds. The molecular formula is C17H25NO2Si. The Kier molecular flexibility index (Phi) is 5.62. The van der Waals surface area contributed by atoms with Crippen molar-refractivity contribution in [3.05, 3.63) is 35.0 Å². The van der Waals surface area contributed by atoms with E-state index in [9.17, 15) is 5.21 Å². The van der Waals surface area contributed by atoms with Crippen LogP contribution in [-0.4, -0.2) is 31.2 Å². The minimum atomic E-state index is -1.33. The van der Waals surface area contributed by atoms with Gasteiger partial charge in [0, 0.05) is 26.3 Å². The summed E-state index contributed by atoms with van der Waals surface area (Å²) in [5, 5.41) is 11.8. The fourth-order valence-corrected chi connectivity index (χ4v) is 2.00. The molecule has 114 valence electrons. The Morgan fingerprint density at radius 2 is 1.76 bits per heavy atom.